The van der Waals surface area contributed by atoms with E-state index < -0.39 is 0 Å². The van der Waals surface area contributed by atoms with E-state index in [2.05, 4.69) is 5.32 Å². The summed E-state index contributed by atoms with van der Waals surface area (Å²) in [5, 5.41) is 3.21. The molecule has 2 fully saturated rings. The van der Waals surface area contributed by atoms with Gasteiger partial charge in [-0.05, 0) is 43.2 Å². The molecule has 3 N–H and O–H groups in total. The molecule has 1 aliphatic heterocycles. The molecule has 0 bridgehead atoms. The van der Waals surface area contributed by atoms with Crippen molar-refractivity contribution in [2.24, 2.45) is 16.1 Å². The van der Waals surface area contributed by atoms with Crippen molar-refractivity contribution in [1.82, 2.24) is 0 Å². The van der Waals surface area contributed by atoms with Crippen LogP contribution in [0.25, 0.3) is 0 Å². The van der Waals surface area contributed by atoms with E-state index in [4.69, 9.17) is 20.2 Å². The highest BCUT2D eigenvalue weighted by atomic mass is 127. The molecule has 0 radical (unpaired) electrons. The number of halogens is 1. The number of rotatable bonds is 2. The first-order chi connectivity index (χ1) is 11.3. The van der Waals surface area contributed by atoms with E-state index in [0.29, 0.717) is 30.6 Å². The SMILES string of the molecule is I.NC(=NC1CCC12CCCC2)Nc1ccc2c(c1)OCCCO2. The normalized spacial score (nSPS) is 24.7. The van der Waals surface area contributed by atoms with Gasteiger partial charge in [-0.25, -0.2) is 4.99 Å². The van der Waals surface area contributed by atoms with Gasteiger partial charge in [0.05, 0.1) is 19.3 Å². The topological polar surface area (TPSA) is 68.9 Å². The molecule has 1 unspecified atom stereocenters. The molecule has 1 spiro atoms. The second-order valence-electron chi connectivity index (χ2n) is 6.98. The number of nitrogens with zero attached hydrogens (tertiary/aromatic N) is 1. The lowest BCUT2D eigenvalue weighted by molar-refractivity contribution is 0.104. The van der Waals surface area contributed by atoms with Crippen molar-refractivity contribution in [2.75, 3.05) is 18.5 Å². The van der Waals surface area contributed by atoms with Crippen LogP contribution in [0.2, 0.25) is 0 Å². The second-order valence-corrected chi connectivity index (χ2v) is 6.98. The van der Waals surface area contributed by atoms with Crippen LogP contribution >= 0.6 is 24.0 Å². The van der Waals surface area contributed by atoms with Crippen LogP contribution in [0, 0.1) is 5.41 Å². The number of nitrogens with one attached hydrogen (secondary N) is 1. The minimum Gasteiger partial charge on any atom is -0.490 e. The highest BCUT2D eigenvalue weighted by Gasteiger charge is 2.48. The van der Waals surface area contributed by atoms with E-state index in [-0.39, 0.29) is 24.0 Å². The lowest BCUT2D eigenvalue weighted by atomic mass is 9.63. The Morgan fingerprint density at radius 1 is 1.08 bits per heavy atom. The number of fused-ring (bicyclic) bond motifs is 1. The van der Waals surface area contributed by atoms with Crippen molar-refractivity contribution < 1.29 is 9.47 Å². The van der Waals surface area contributed by atoms with Gasteiger partial charge in [0.25, 0.3) is 0 Å². The Bertz CT molecular complexity index is 614. The molecular formula is C18H26IN3O2. The molecule has 6 heteroatoms. The predicted molar refractivity (Wildman–Crippen MR) is 107 cm³/mol. The summed E-state index contributed by atoms with van der Waals surface area (Å²) in [4.78, 5) is 4.75. The van der Waals surface area contributed by atoms with E-state index in [0.717, 1.165) is 23.6 Å². The number of guanidine groups is 1. The zero-order chi connectivity index (χ0) is 15.7. The van der Waals surface area contributed by atoms with Gasteiger partial charge in [0.2, 0.25) is 0 Å². The van der Waals surface area contributed by atoms with Gasteiger partial charge in [0.15, 0.2) is 17.5 Å². The maximum atomic E-state index is 6.14. The Morgan fingerprint density at radius 3 is 2.54 bits per heavy atom. The number of nitrogens with two attached hydrogens (primary N) is 1. The van der Waals surface area contributed by atoms with Gasteiger partial charge in [-0.2, -0.15) is 0 Å². The molecule has 0 amide bonds. The Balaban J connectivity index is 0.00000169. The molecule has 2 aliphatic carbocycles. The third-order valence-corrected chi connectivity index (χ3v) is 5.54. The monoisotopic (exact) mass is 443 g/mol. The average Bonchev–Trinajstić information content (AvgIpc) is 2.95. The number of hydrogen-bond donors (Lipinski definition) is 2. The van der Waals surface area contributed by atoms with Crippen molar-refractivity contribution in [1.29, 1.82) is 0 Å². The van der Waals surface area contributed by atoms with Crippen LogP contribution in [0.1, 0.15) is 44.9 Å². The lowest BCUT2D eigenvalue weighted by Gasteiger charge is -2.45. The zero-order valence-corrected chi connectivity index (χ0v) is 16.3. The Morgan fingerprint density at radius 2 is 1.83 bits per heavy atom. The summed E-state index contributed by atoms with van der Waals surface area (Å²) in [6.45, 7) is 1.39. The molecule has 24 heavy (non-hydrogen) atoms. The first kappa shape index (κ1) is 17.6. The second kappa shape index (κ2) is 7.37. The Kier molecular flexibility index (Phi) is 5.42. The first-order valence-corrected chi connectivity index (χ1v) is 8.75. The van der Waals surface area contributed by atoms with Crippen molar-refractivity contribution in [3.05, 3.63) is 18.2 Å². The number of ether oxygens (including phenoxy) is 2. The third kappa shape index (κ3) is 3.43. The molecule has 132 valence electrons. The standard InChI is InChI=1S/C18H25N3O2.HI/c19-17(21-16-6-9-18(16)7-1-2-8-18)20-13-4-5-14-15(12-13)23-11-3-10-22-14;/h4-5,12,16H,1-3,6-11H2,(H3,19,20,21);1H. The average molecular weight is 443 g/mol. The molecule has 4 rings (SSSR count). The Hall–Kier alpha value is -1.18. The fourth-order valence-corrected chi connectivity index (χ4v) is 4.13. The van der Waals surface area contributed by atoms with Crippen molar-refractivity contribution >= 4 is 35.6 Å². The summed E-state index contributed by atoms with van der Waals surface area (Å²) in [6.07, 6.45) is 8.73. The number of anilines is 1. The van der Waals surface area contributed by atoms with Crippen LogP contribution in [-0.2, 0) is 0 Å². The highest BCUT2D eigenvalue weighted by molar-refractivity contribution is 14.0. The highest BCUT2D eigenvalue weighted by Crippen LogP contribution is 2.54. The minimum atomic E-state index is 0. The van der Waals surface area contributed by atoms with Crippen LogP contribution in [-0.4, -0.2) is 25.2 Å². The van der Waals surface area contributed by atoms with Gasteiger partial charge in [0.1, 0.15) is 0 Å². The van der Waals surface area contributed by atoms with E-state index in [9.17, 15) is 0 Å². The molecule has 0 aromatic heterocycles. The van der Waals surface area contributed by atoms with Crippen molar-refractivity contribution in [2.45, 2.75) is 51.0 Å². The summed E-state index contributed by atoms with van der Waals surface area (Å²) >= 11 is 0. The molecule has 1 heterocycles. The molecule has 1 aromatic rings. The van der Waals surface area contributed by atoms with Crippen LogP contribution in [0.3, 0.4) is 0 Å². The first-order valence-electron chi connectivity index (χ1n) is 8.75. The van der Waals surface area contributed by atoms with Crippen LogP contribution in [0.5, 0.6) is 11.5 Å². The van der Waals surface area contributed by atoms with Crippen LogP contribution < -0.4 is 20.5 Å². The van der Waals surface area contributed by atoms with Crippen molar-refractivity contribution in [3.63, 3.8) is 0 Å². The minimum absolute atomic E-state index is 0. The van der Waals surface area contributed by atoms with Crippen LogP contribution in [0.4, 0.5) is 5.69 Å². The predicted octanol–water partition coefficient (Wildman–Crippen LogP) is 3.92. The molecule has 1 aromatic carbocycles. The smallest absolute Gasteiger partial charge is 0.193 e. The maximum Gasteiger partial charge on any atom is 0.193 e. The van der Waals surface area contributed by atoms with Gasteiger partial charge in [-0.3, -0.25) is 0 Å². The van der Waals surface area contributed by atoms with E-state index >= 15 is 0 Å². The summed E-state index contributed by atoms with van der Waals surface area (Å²) in [6, 6.07) is 6.23. The fourth-order valence-electron chi connectivity index (χ4n) is 4.13. The van der Waals surface area contributed by atoms with Gasteiger partial charge in [-0.1, -0.05) is 12.8 Å². The Labute approximate surface area is 160 Å². The largest absolute Gasteiger partial charge is 0.490 e. The molecule has 5 nitrogen and oxygen atoms in total. The summed E-state index contributed by atoms with van der Waals surface area (Å²) < 4.78 is 11.4. The van der Waals surface area contributed by atoms with E-state index in [1.165, 1.54) is 38.5 Å². The van der Waals surface area contributed by atoms with Gasteiger partial charge in [-0.15, -0.1) is 24.0 Å². The molecule has 0 saturated heterocycles. The van der Waals surface area contributed by atoms with E-state index in [1.807, 2.05) is 18.2 Å². The molecule has 2 saturated carbocycles. The fraction of sp³-hybridized carbons (Fsp3) is 0.611. The number of benzene rings is 1. The number of aliphatic imine (C=N–C) groups is 1. The van der Waals surface area contributed by atoms with Gasteiger partial charge < -0.3 is 20.5 Å². The van der Waals surface area contributed by atoms with Gasteiger partial charge in [0, 0.05) is 18.2 Å². The van der Waals surface area contributed by atoms with Gasteiger partial charge >= 0.3 is 0 Å². The number of hydrogen-bond acceptors (Lipinski definition) is 3. The molecule has 1 atom stereocenters. The summed E-state index contributed by atoms with van der Waals surface area (Å²) in [5.74, 6) is 2.08. The summed E-state index contributed by atoms with van der Waals surface area (Å²) in [7, 11) is 0. The van der Waals surface area contributed by atoms with Crippen LogP contribution in [0.15, 0.2) is 23.2 Å². The quantitative estimate of drug-likeness (QED) is 0.413. The van der Waals surface area contributed by atoms with Crippen molar-refractivity contribution in [3.8, 4) is 11.5 Å². The van der Waals surface area contributed by atoms with E-state index in [1.54, 1.807) is 0 Å². The molecular weight excluding hydrogens is 417 g/mol. The lowest BCUT2D eigenvalue weighted by Crippen LogP contribution is -2.43. The maximum absolute atomic E-state index is 6.14. The third-order valence-electron chi connectivity index (χ3n) is 5.54. The summed E-state index contributed by atoms with van der Waals surface area (Å²) in [5.41, 5.74) is 7.49. The molecule has 3 aliphatic rings. The zero-order valence-electron chi connectivity index (χ0n) is 13.9.